The van der Waals surface area contributed by atoms with Gasteiger partial charge in [0.15, 0.2) is 0 Å². The molecular weight excluding hydrogens is 94.1 g/mol. The van der Waals surface area contributed by atoms with Crippen LogP contribution in [0.2, 0.25) is 0 Å². The van der Waals surface area contributed by atoms with E-state index < -0.39 is 0 Å². The maximum Gasteiger partial charge on any atom is 0.122 e. The number of hydroxylamine groups is 1. The standard InChI is InChI=1S/C3H9N3O/c4-2-1-3(2)6(5)7/h2-3,6H,1,4-5H2. The molecule has 1 saturated carbocycles. The van der Waals surface area contributed by atoms with Gasteiger partial charge in [-0.25, -0.2) is 0 Å². The molecule has 4 nitrogen and oxygen atoms in total. The molecule has 0 bridgehead atoms. The van der Waals surface area contributed by atoms with Crippen molar-refractivity contribution in [2.75, 3.05) is 0 Å². The minimum Gasteiger partial charge on any atom is -0.613 e. The molecule has 0 heterocycles. The van der Waals surface area contributed by atoms with Crippen molar-refractivity contribution < 1.29 is 5.17 Å². The van der Waals surface area contributed by atoms with Crippen LogP contribution >= 0.6 is 0 Å². The summed E-state index contributed by atoms with van der Waals surface area (Å²) in [6, 6.07) is 0.0532. The molecule has 0 aromatic rings. The van der Waals surface area contributed by atoms with Crippen molar-refractivity contribution in [2.24, 2.45) is 11.6 Å². The zero-order valence-corrected chi connectivity index (χ0v) is 3.92. The molecule has 0 saturated heterocycles. The summed E-state index contributed by atoms with van der Waals surface area (Å²) in [5.41, 5.74) is 5.27. The fourth-order valence-corrected chi connectivity index (χ4v) is 0.542. The van der Waals surface area contributed by atoms with E-state index in [1.165, 1.54) is 0 Å². The molecule has 5 N–H and O–H groups in total. The van der Waals surface area contributed by atoms with Gasteiger partial charge >= 0.3 is 0 Å². The molecule has 3 atom stereocenters. The minimum atomic E-state index is -0.257. The van der Waals surface area contributed by atoms with E-state index in [0.717, 1.165) is 6.42 Å². The smallest absolute Gasteiger partial charge is 0.122 e. The molecule has 1 aliphatic rings. The van der Waals surface area contributed by atoms with E-state index in [-0.39, 0.29) is 17.3 Å². The zero-order chi connectivity index (χ0) is 5.44. The lowest BCUT2D eigenvalue weighted by molar-refractivity contribution is -0.873. The highest BCUT2D eigenvalue weighted by Gasteiger charge is 2.39. The first kappa shape index (κ1) is 4.99. The van der Waals surface area contributed by atoms with Crippen LogP contribution in [0, 0.1) is 5.21 Å². The highest BCUT2D eigenvalue weighted by molar-refractivity contribution is 4.89. The van der Waals surface area contributed by atoms with Gasteiger partial charge in [-0.3, -0.25) is 5.17 Å². The molecule has 1 fully saturated rings. The Balaban J connectivity index is 2.20. The summed E-state index contributed by atoms with van der Waals surface area (Å²) < 4.78 is 0. The molecule has 0 aromatic carbocycles. The van der Waals surface area contributed by atoms with E-state index in [1.54, 1.807) is 0 Å². The second-order valence-electron chi connectivity index (χ2n) is 1.91. The number of nitrogens with two attached hydrogens (primary N) is 2. The van der Waals surface area contributed by atoms with Crippen molar-refractivity contribution in [3.05, 3.63) is 5.21 Å². The van der Waals surface area contributed by atoms with E-state index in [1.807, 2.05) is 0 Å². The van der Waals surface area contributed by atoms with Crippen LogP contribution in [0.4, 0.5) is 0 Å². The normalized spacial score (nSPS) is 43.3. The van der Waals surface area contributed by atoms with Crippen molar-refractivity contribution in [2.45, 2.75) is 18.5 Å². The van der Waals surface area contributed by atoms with Crippen LogP contribution in [-0.4, -0.2) is 12.1 Å². The molecule has 1 rings (SSSR count). The second-order valence-corrected chi connectivity index (χ2v) is 1.91. The summed E-state index contributed by atoms with van der Waals surface area (Å²) in [5, 5.41) is 9.86. The van der Waals surface area contributed by atoms with Crippen LogP contribution < -0.4 is 16.7 Å². The molecule has 0 amide bonds. The van der Waals surface area contributed by atoms with Gasteiger partial charge in [-0.2, -0.15) is 5.84 Å². The zero-order valence-electron chi connectivity index (χ0n) is 3.92. The molecule has 0 radical (unpaired) electrons. The maximum atomic E-state index is 10.1. The van der Waals surface area contributed by atoms with Crippen molar-refractivity contribution >= 4 is 0 Å². The highest BCUT2D eigenvalue weighted by Crippen LogP contribution is 2.12. The predicted octanol–water partition coefficient (Wildman–Crippen LogP) is -2.66. The number of rotatable bonds is 1. The third-order valence-corrected chi connectivity index (χ3v) is 1.21. The quantitative estimate of drug-likeness (QED) is 0.250. The van der Waals surface area contributed by atoms with Gasteiger partial charge in [-0.15, -0.1) is 0 Å². The fourth-order valence-electron chi connectivity index (χ4n) is 0.542. The van der Waals surface area contributed by atoms with Gasteiger partial charge in [-0.1, -0.05) is 0 Å². The van der Waals surface area contributed by atoms with Crippen molar-refractivity contribution in [1.29, 1.82) is 0 Å². The molecule has 0 spiro atoms. The molecule has 0 aliphatic heterocycles. The Hall–Kier alpha value is -0.160. The first-order valence-corrected chi connectivity index (χ1v) is 2.26. The van der Waals surface area contributed by atoms with E-state index in [0.29, 0.717) is 0 Å². The number of quaternary nitrogens is 1. The summed E-state index contributed by atoms with van der Waals surface area (Å²) >= 11 is 0. The average Bonchev–Trinajstić information content (AvgIpc) is 2.17. The molecule has 42 valence electrons. The number of nitrogens with one attached hydrogen (secondary N) is 1. The van der Waals surface area contributed by atoms with Gasteiger partial charge < -0.3 is 10.9 Å². The Bertz CT molecular complexity index is 74.6. The van der Waals surface area contributed by atoms with Crippen LogP contribution in [0.3, 0.4) is 0 Å². The largest absolute Gasteiger partial charge is 0.613 e. The minimum absolute atomic E-state index is 0.0139. The summed E-state index contributed by atoms with van der Waals surface area (Å²) in [5.74, 6) is 4.87. The Morgan fingerprint density at radius 2 is 2.14 bits per heavy atom. The Morgan fingerprint density at radius 1 is 1.71 bits per heavy atom. The topological polar surface area (TPSA) is 79.5 Å². The summed E-state index contributed by atoms with van der Waals surface area (Å²) in [6.45, 7) is 0. The van der Waals surface area contributed by atoms with Crippen molar-refractivity contribution in [1.82, 2.24) is 0 Å². The van der Waals surface area contributed by atoms with Gasteiger partial charge in [-0.05, 0) is 0 Å². The van der Waals surface area contributed by atoms with Gasteiger partial charge in [0.1, 0.15) is 6.04 Å². The Morgan fingerprint density at radius 3 is 2.14 bits per heavy atom. The molecule has 3 unspecified atom stereocenters. The predicted molar refractivity (Wildman–Crippen MR) is 24.9 cm³/mol. The van der Waals surface area contributed by atoms with Crippen molar-refractivity contribution in [3.8, 4) is 0 Å². The van der Waals surface area contributed by atoms with E-state index in [2.05, 4.69) is 0 Å². The van der Waals surface area contributed by atoms with E-state index in [4.69, 9.17) is 11.6 Å². The molecule has 1 aliphatic carbocycles. The first-order valence-electron chi connectivity index (χ1n) is 2.26. The SMILES string of the molecule is NC1CC1[NH+](N)[O-]. The van der Waals surface area contributed by atoms with Gasteiger partial charge in [0, 0.05) is 6.42 Å². The van der Waals surface area contributed by atoms with Gasteiger partial charge in [0.2, 0.25) is 0 Å². The van der Waals surface area contributed by atoms with Crippen molar-refractivity contribution in [3.63, 3.8) is 0 Å². The fraction of sp³-hybridized carbons (Fsp3) is 1.00. The summed E-state index contributed by atoms with van der Waals surface area (Å²) in [6.07, 6.45) is 0.787. The van der Waals surface area contributed by atoms with Crippen LogP contribution in [0.1, 0.15) is 6.42 Å². The van der Waals surface area contributed by atoms with Crippen LogP contribution in [0.25, 0.3) is 0 Å². The maximum absolute atomic E-state index is 10.1. The van der Waals surface area contributed by atoms with Gasteiger partial charge in [0.05, 0.1) is 6.04 Å². The van der Waals surface area contributed by atoms with Crippen LogP contribution in [0.15, 0.2) is 0 Å². The lowest BCUT2D eigenvalue weighted by Gasteiger charge is -2.12. The third kappa shape index (κ3) is 0.889. The average molecular weight is 103 g/mol. The monoisotopic (exact) mass is 103 g/mol. The first-order chi connectivity index (χ1) is 3.22. The summed E-state index contributed by atoms with van der Waals surface area (Å²) in [7, 11) is 0. The molecule has 0 aromatic heterocycles. The molecular formula is C3H9N3O. The number of hydrogen-bond donors (Lipinski definition) is 3. The van der Waals surface area contributed by atoms with E-state index in [9.17, 15) is 5.21 Å². The number of hydrogen-bond acceptors (Lipinski definition) is 3. The Kier molecular flexibility index (Phi) is 1.01. The lowest BCUT2D eigenvalue weighted by atomic mass is 10.7. The van der Waals surface area contributed by atoms with E-state index >= 15 is 0 Å². The lowest BCUT2D eigenvalue weighted by Crippen LogP contribution is -3.15. The summed E-state index contributed by atoms with van der Waals surface area (Å²) in [4.78, 5) is 0. The van der Waals surface area contributed by atoms with Gasteiger partial charge in [0.25, 0.3) is 0 Å². The van der Waals surface area contributed by atoms with Crippen LogP contribution in [-0.2, 0) is 0 Å². The molecule has 4 heteroatoms. The molecule has 7 heavy (non-hydrogen) atoms. The third-order valence-electron chi connectivity index (χ3n) is 1.21. The Labute approximate surface area is 41.6 Å². The second kappa shape index (κ2) is 1.41. The highest BCUT2D eigenvalue weighted by atomic mass is 16.5. The van der Waals surface area contributed by atoms with Crippen LogP contribution in [0.5, 0.6) is 0 Å².